The van der Waals surface area contributed by atoms with Crippen molar-refractivity contribution in [3.05, 3.63) is 99.0 Å². The first-order valence-electron chi connectivity index (χ1n) is 9.94. The van der Waals surface area contributed by atoms with Crippen LogP contribution < -0.4 is 5.56 Å². The number of nitrogens with zero attached hydrogens (tertiary/aromatic N) is 3. The largest absolute Gasteiger partial charge is 0.476 e. The molecule has 2 aromatic carbocycles. The number of carboxylic acids is 1. The van der Waals surface area contributed by atoms with Gasteiger partial charge in [0.1, 0.15) is 12.4 Å². The zero-order chi connectivity index (χ0) is 23.0. The summed E-state index contributed by atoms with van der Waals surface area (Å²) in [5.41, 5.74) is 2.02. The number of hydrogen-bond donors (Lipinski definition) is 1. The van der Waals surface area contributed by atoms with Crippen molar-refractivity contribution in [2.75, 3.05) is 0 Å². The third kappa shape index (κ3) is 3.82. The minimum absolute atomic E-state index is 0.189. The maximum absolute atomic E-state index is 13.2. The second kappa shape index (κ2) is 8.22. The minimum atomic E-state index is -1.28. The Morgan fingerprint density at radius 2 is 1.69 bits per heavy atom. The number of benzene rings is 2. The molecule has 0 radical (unpaired) electrons. The summed E-state index contributed by atoms with van der Waals surface area (Å²) in [7, 11) is 0. The number of aromatic carboxylic acids is 1. The van der Waals surface area contributed by atoms with Crippen molar-refractivity contribution in [3.8, 4) is 0 Å². The smallest absolute Gasteiger partial charge is 0.357 e. The summed E-state index contributed by atoms with van der Waals surface area (Å²) >= 11 is 0. The van der Waals surface area contributed by atoms with Crippen LogP contribution in [0.4, 0.5) is 4.39 Å². The Kier molecular flexibility index (Phi) is 5.44. The lowest BCUT2D eigenvalue weighted by Crippen LogP contribution is -2.29. The molecule has 32 heavy (non-hydrogen) atoms. The van der Waals surface area contributed by atoms with E-state index in [0.29, 0.717) is 17.8 Å². The van der Waals surface area contributed by atoms with Crippen molar-refractivity contribution in [1.82, 2.24) is 14.3 Å². The average molecular weight is 433 g/mol. The highest BCUT2D eigenvalue weighted by atomic mass is 19.1. The van der Waals surface area contributed by atoms with Gasteiger partial charge in [0, 0.05) is 28.9 Å². The van der Waals surface area contributed by atoms with Crippen LogP contribution >= 0.6 is 0 Å². The number of ketones is 1. The van der Waals surface area contributed by atoms with Crippen LogP contribution in [0, 0.1) is 19.7 Å². The number of fused-ring (bicyclic) bond motifs is 1. The van der Waals surface area contributed by atoms with Gasteiger partial charge in [-0.3, -0.25) is 9.59 Å². The molecule has 0 aliphatic heterocycles. The predicted molar refractivity (Wildman–Crippen MR) is 117 cm³/mol. The number of halogens is 1. The van der Waals surface area contributed by atoms with Crippen LogP contribution in [0.15, 0.2) is 59.4 Å². The van der Waals surface area contributed by atoms with Crippen LogP contribution in [0.25, 0.3) is 10.8 Å². The number of carbonyl (C=O) groups excluding carboxylic acids is 1. The Bertz CT molecular complexity index is 1420. The number of carboxylic acid groups (broad SMARTS) is 1. The van der Waals surface area contributed by atoms with Gasteiger partial charge in [0.2, 0.25) is 0 Å². The second-order valence-corrected chi connectivity index (χ2v) is 7.58. The monoisotopic (exact) mass is 433 g/mol. The molecule has 162 valence electrons. The fourth-order valence-corrected chi connectivity index (χ4v) is 3.82. The Labute approximate surface area is 182 Å². The van der Waals surface area contributed by atoms with Crippen molar-refractivity contribution in [3.63, 3.8) is 0 Å². The van der Waals surface area contributed by atoms with Gasteiger partial charge in [-0.05, 0) is 43.7 Å². The van der Waals surface area contributed by atoms with Crippen LogP contribution in [0.2, 0.25) is 0 Å². The van der Waals surface area contributed by atoms with Crippen LogP contribution in [0.3, 0.4) is 0 Å². The van der Waals surface area contributed by atoms with E-state index >= 15 is 0 Å². The van der Waals surface area contributed by atoms with Gasteiger partial charge in [-0.15, -0.1) is 0 Å². The Morgan fingerprint density at radius 3 is 2.34 bits per heavy atom. The van der Waals surface area contributed by atoms with Gasteiger partial charge in [0.05, 0.1) is 5.39 Å². The first kappa shape index (κ1) is 21.2. The van der Waals surface area contributed by atoms with E-state index in [-0.39, 0.29) is 34.6 Å². The number of aryl methyl sites for hydroxylation is 1. The van der Waals surface area contributed by atoms with Gasteiger partial charge in [0.15, 0.2) is 11.5 Å². The van der Waals surface area contributed by atoms with E-state index in [0.717, 1.165) is 15.9 Å². The average Bonchev–Trinajstić information content (AvgIpc) is 3.05. The third-order valence-corrected chi connectivity index (χ3v) is 5.49. The fraction of sp³-hybridized carbons (Fsp3) is 0.167. The van der Waals surface area contributed by atoms with Gasteiger partial charge >= 0.3 is 5.97 Å². The van der Waals surface area contributed by atoms with E-state index < -0.39 is 11.5 Å². The minimum Gasteiger partial charge on any atom is -0.476 e. The third-order valence-electron chi connectivity index (χ3n) is 5.49. The molecule has 0 fully saturated rings. The quantitative estimate of drug-likeness (QED) is 0.469. The highest BCUT2D eigenvalue weighted by Gasteiger charge is 2.20. The molecular formula is C24H20FN3O4. The first-order valence-corrected chi connectivity index (χ1v) is 9.94. The van der Waals surface area contributed by atoms with E-state index in [1.807, 2.05) is 11.5 Å². The number of rotatable bonds is 6. The normalized spacial score (nSPS) is 11.1. The van der Waals surface area contributed by atoms with Crippen LogP contribution in [-0.2, 0) is 13.1 Å². The lowest BCUT2D eigenvalue weighted by molar-refractivity contribution is 0.0688. The van der Waals surface area contributed by atoms with Crippen LogP contribution in [0.5, 0.6) is 0 Å². The maximum Gasteiger partial charge on any atom is 0.357 e. The van der Waals surface area contributed by atoms with E-state index in [1.165, 1.54) is 24.3 Å². The Hall–Kier alpha value is -4.07. The van der Waals surface area contributed by atoms with Crippen molar-refractivity contribution in [2.24, 2.45) is 0 Å². The van der Waals surface area contributed by atoms with E-state index in [4.69, 9.17) is 0 Å². The van der Waals surface area contributed by atoms with Gasteiger partial charge in [-0.25, -0.2) is 13.9 Å². The molecule has 1 N–H and O–H groups in total. The molecule has 0 unspecified atom stereocenters. The van der Waals surface area contributed by atoms with Crippen LogP contribution in [-0.4, -0.2) is 31.2 Å². The summed E-state index contributed by atoms with van der Waals surface area (Å²) in [5.74, 6) is -1.95. The molecule has 0 amide bonds. The fourth-order valence-electron chi connectivity index (χ4n) is 3.82. The molecule has 0 atom stereocenters. The number of aromatic nitrogens is 3. The second-order valence-electron chi connectivity index (χ2n) is 7.58. The summed E-state index contributed by atoms with van der Waals surface area (Å²) in [5, 5.41) is 13.9. The van der Waals surface area contributed by atoms with Gasteiger partial charge in [-0.2, -0.15) is 5.10 Å². The summed E-state index contributed by atoms with van der Waals surface area (Å²) in [4.78, 5) is 37.5. The summed E-state index contributed by atoms with van der Waals surface area (Å²) in [6.07, 6.45) is 0. The molecule has 0 bridgehead atoms. The molecule has 7 nitrogen and oxygen atoms in total. The summed E-state index contributed by atoms with van der Waals surface area (Å²) in [6, 6.07) is 14.1. The van der Waals surface area contributed by atoms with Gasteiger partial charge < -0.3 is 9.67 Å². The lowest BCUT2D eigenvalue weighted by atomic mass is 10.1. The van der Waals surface area contributed by atoms with Crippen molar-refractivity contribution < 1.29 is 19.1 Å². The highest BCUT2D eigenvalue weighted by Crippen LogP contribution is 2.19. The van der Waals surface area contributed by atoms with E-state index in [9.17, 15) is 23.9 Å². The van der Waals surface area contributed by atoms with Gasteiger partial charge in [0.25, 0.3) is 5.56 Å². The lowest BCUT2D eigenvalue weighted by Gasteiger charge is -2.11. The van der Waals surface area contributed by atoms with E-state index in [1.54, 1.807) is 37.3 Å². The summed E-state index contributed by atoms with van der Waals surface area (Å²) < 4.78 is 16.0. The van der Waals surface area contributed by atoms with Crippen molar-refractivity contribution in [1.29, 1.82) is 0 Å². The molecule has 2 aromatic heterocycles. The van der Waals surface area contributed by atoms with E-state index in [2.05, 4.69) is 5.10 Å². The highest BCUT2D eigenvalue weighted by molar-refractivity contribution is 6.01. The van der Waals surface area contributed by atoms with Gasteiger partial charge in [-0.1, -0.05) is 30.3 Å². The van der Waals surface area contributed by atoms with Crippen molar-refractivity contribution >= 4 is 22.5 Å². The standard InChI is InChI=1S/C24H20FN3O4/c1-14-11-20(15(2)27(14)12-16-7-9-17(25)10-8-16)21(29)13-28-23(30)19-6-4-3-5-18(19)22(26-28)24(31)32/h3-11H,12-13H2,1-2H3,(H,31,32). The van der Waals surface area contributed by atoms with Crippen molar-refractivity contribution in [2.45, 2.75) is 26.9 Å². The molecular weight excluding hydrogens is 413 g/mol. The predicted octanol–water partition coefficient (Wildman–Crippen LogP) is 3.58. The SMILES string of the molecule is Cc1cc(C(=O)Cn2nc(C(=O)O)c3ccccc3c2=O)c(C)n1Cc1ccc(F)cc1. The Morgan fingerprint density at radius 1 is 1.03 bits per heavy atom. The molecule has 4 rings (SSSR count). The van der Waals surface area contributed by atoms with Crippen LogP contribution in [0.1, 0.15) is 37.8 Å². The molecule has 4 aromatic rings. The Balaban J connectivity index is 1.69. The molecule has 0 saturated heterocycles. The zero-order valence-corrected chi connectivity index (χ0v) is 17.5. The molecule has 2 heterocycles. The number of Topliss-reactive ketones (excluding diaryl/α,β-unsaturated/α-hetero) is 1. The maximum atomic E-state index is 13.2. The number of hydrogen-bond acceptors (Lipinski definition) is 4. The topological polar surface area (TPSA) is 94.2 Å². The molecule has 0 aliphatic carbocycles. The molecule has 8 heteroatoms. The number of carbonyl (C=O) groups is 2. The zero-order valence-electron chi connectivity index (χ0n) is 17.5. The first-order chi connectivity index (χ1) is 15.3. The molecule has 0 aliphatic rings. The molecule has 0 saturated carbocycles. The summed E-state index contributed by atoms with van der Waals surface area (Å²) in [6.45, 7) is 3.73. The molecule has 0 spiro atoms.